The summed E-state index contributed by atoms with van der Waals surface area (Å²) in [4.78, 5) is 10.1. The molecule has 7 aromatic carbocycles. The second-order valence-electron chi connectivity index (χ2n) is 11.4. The fourth-order valence-corrected chi connectivity index (χ4v) is 6.38. The summed E-state index contributed by atoms with van der Waals surface area (Å²) in [7, 11) is 0. The van der Waals surface area contributed by atoms with E-state index in [1.165, 1.54) is 16.7 Å². The first-order valence-corrected chi connectivity index (χ1v) is 15.2. The van der Waals surface area contributed by atoms with Gasteiger partial charge in [-0.15, -0.1) is 0 Å². The molecule has 0 amide bonds. The third-order valence-corrected chi connectivity index (χ3v) is 8.70. The molecule has 0 unspecified atom stereocenters. The Morgan fingerprint density at radius 1 is 0.378 bits per heavy atom. The first-order valence-electron chi connectivity index (χ1n) is 15.2. The molecule has 0 atom stereocenters. The molecule has 2 heterocycles. The van der Waals surface area contributed by atoms with Gasteiger partial charge in [0.05, 0.1) is 11.2 Å². The van der Waals surface area contributed by atoms with Gasteiger partial charge in [-0.1, -0.05) is 127 Å². The molecule has 0 bridgehead atoms. The Morgan fingerprint density at radius 3 is 1.71 bits per heavy atom. The normalized spacial score (nSPS) is 11.6. The number of para-hydroxylation sites is 2. The quantitative estimate of drug-likeness (QED) is 0.210. The van der Waals surface area contributed by atoms with Crippen molar-refractivity contribution in [3.05, 3.63) is 158 Å². The summed E-state index contributed by atoms with van der Waals surface area (Å²) in [5.41, 5.74) is 10.5. The van der Waals surface area contributed by atoms with Crippen molar-refractivity contribution in [2.45, 2.75) is 0 Å². The smallest absolute Gasteiger partial charge is 0.160 e. The van der Waals surface area contributed by atoms with Crippen molar-refractivity contribution in [1.82, 2.24) is 9.97 Å². The molecule has 0 aliphatic heterocycles. The van der Waals surface area contributed by atoms with Crippen LogP contribution >= 0.6 is 0 Å². The third kappa shape index (κ3) is 4.37. The van der Waals surface area contributed by atoms with Gasteiger partial charge < -0.3 is 4.42 Å². The van der Waals surface area contributed by atoms with Crippen molar-refractivity contribution in [2.24, 2.45) is 0 Å². The van der Waals surface area contributed by atoms with Crippen molar-refractivity contribution in [3.63, 3.8) is 0 Å². The number of nitrogens with zero attached hydrogens (tertiary/aromatic N) is 2. The molecular formula is C42H26N2O. The molecule has 3 heteroatoms. The van der Waals surface area contributed by atoms with Crippen LogP contribution in [0.4, 0.5) is 0 Å². The molecule has 9 aromatic rings. The Morgan fingerprint density at radius 2 is 0.956 bits per heavy atom. The monoisotopic (exact) mass is 574 g/mol. The first kappa shape index (κ1) is 25.4. The fraction of sp³-hybridized carbons (Fsp3) is 0. The van der Waals surface area contributed by atoms with Crippen LogP contribution in [0.15, 0.2) is 162 Å². The molecule has 0 saturated carbocycles. The average Bonchev–Trinajstić information content (AvgIpc) is 3.51. The van der Waals surface area contributed by atoms with Crippen LogP contribution in [0.2, 0.25) is 0 Å². The average molecular weight is 575 g/mol. The van der Waals surface area contributed by atoms with E-state index in [1.54, 1.807) is 0 Å². The summed E-state index contributed by atoms with van der Waals surface area (Å²) in [6, 6.07) is 55.0. The second-order valence-corrected chi connectivity index (χ2v) is 11.4. The zero-order valence-electron chi connectivity index (χ0n) is 24.3. The van der Waals surface area contributed by atoms with Crippen LogP contribution in [0.1, 0.15) is 0 Å². The van der Waals surface area contributed by atoms with E-state index >= 15 is 0 Å². The molecule has 45 heavy (non-hydrogen) atoms. The number of hydrogen-bond acceptors (Lipinski definition) is 3. The lowest BCUT2D eigenvalue weighted by molar-refractivity contribution is 0.672. The zero-order valence-corrected chi connectivity index (χ0v) is 24.3. The van der Waals surface area contributed by atoms with Crippen LogP contribution in [0.3, 0.4) is 0 Å². The van der Waals surface area contributed by atoms with E-state index in [4.69, 9.17) is 14.4 Å². The first-order chi connectivity index (χ1) is 22.3. The number of hydrogen-bond donors (Lipinski definition) is 0. The third-order valence-electron chi connectivity index (χ3n) is 8.70. The number of rotatable bonds is 4. The van der Waals surface area contributed by atoms with Crippen LogP contribution in [0.25, 0.3) is 88.5 Å². The minimum Gasteiger partial charge on any atom is -0.455 e. The molecule has 9 rings (SSSR count). The lowest BCUT2D eigenvalue weighted by atomic mass is 9.99. The van der Waals surface area contributed by atoms with Crippen molar-refractivity contribution in [2.75, 3.05) is 0 Å². The van der Waals surface area contributed by atoms with Gasteiger partial charge in [0.15, 0.2) is 5.82 Å². The van der Waals surface area contributed by atoms with Gasteiger partial charge in [0.2, 0.25) is 0 Å². The fourth-order valence-electron chi connectivity index (χ4n) is 6.38. The lowest BCUT2D eigenvalue weighted by Gasteiger charge is -2.11. The predicted molar refractivity (Wildman–Crippen MR) is 186 cm³/mol. The predicted octanol–water partition coefficient (Wildman–Crippen LogP) is 11.4. The van der Waals surface area contributed by atoms with Gasteiger partial charge in [0.25, 0.3) is 0 Å². The summed E-state index contributed by atoms with van der Waals surface area (Å²) in [6.45, 7) is 0. The van der Waals surface area contributed by atoms with E-state index in [9.17, 15) is 0 Å². The summed E-state index contributed by atoms with van der Waals surface area (Å²) in [5, 5.41) is 5.52. The highest BCUT2D eigenvalue weighted by Gasteiger charge is 2.15. The van der Waals surface area contributed by atoms with E-state index in [-0.39, 0.29) is 0 Å². The van der Waals surface area contributed by atoms with Gasteiger partial charge in [-0.25, -0.2) is 9.97 Å². The number of aromatic nitrogens is 2. The van der Waals surface area contributed by atoms with Gasteiger partial charge in [0.1, 0.15) is 11.2 Å². The Bertz CT molecular complexity index is 2510. The molecule has 0 saturated heterocycles. The second kappa shape index (κ2) is 10.3. The van der Waals surface area contributed by atoms with E-state index < -0.39 is 0 Å². The summed E-state index contributed by atoms with van der Waals surface area (Å²) < 4.78 is 6.30. The van der Waals surface area contributed by atoms with Crippen molar-refractivity contribution < 1.29 is 4.42 Å². The minimum atomic E-state index is 0.711. The molecule has 210 valence electrons. The maximum Gasteiger partial charge on any atom is 0.160 e. The van der Waals surface area contributed by atoms with E-state index in [0.717, 1.165) is 66.0 Å². The Balaban J connectivity index is 1.10. The SMILES string of the molecule is c1ccc(-c2ccc(-c3ccc(-c4nc(-c5ccc6c(ccc7c8ccccc8oc67)c5)c5ccccc5n4)cc3)cc2)cc1. The van der Waals surface area contributed by atoms with Crippen molar-refractivity contribution >= 4 is 43.6 Å². The molecular weight excluding hydrogens is 548 g/mol. The van der Waals surface area contributed by atoms with E-state index in [0.29, 0.717) is 5.82 Å². The summed E-state index contributed by atoms with van der Waals surface area (Å²) in [6.07, 6.45) is 0. The van der Waals surface area contributed by atoms with Crippen LogP contribution in [-0.2, 0) is 0 Å². The van der Waals surface area contributed by atoms with Gasteiger partial charge in [-0.2, -0.15) is 0 Å². The zero-order chi connectivity index (χ0) is 29.7. The molecule has 0 spiro atoms. The van der Waals surface area contributed by atoms with Gasteiger partial charge in [-0.3, -0.25) is 0 Å². The molecule has 3 nitrogen and oxygen atoms in total. The number of benzene rings is 7. The Kier molecular flexibility index (Phi) is 5.82. The van der Waals surface area contributed by atoms with Crippen LogP contribution in [0, 0.1) is 0 Å². The molecule has 0 N–H and O–H groups in total. The topological polar surface area (TPSA) is 38.9 Å². The number of fused-ring (bicyclic) bond motifs is 6. The maximum absolute atomic E-state index is 6.30. The molecule has 0 aliphatic carbocycles. The summed E-state index contributed by atoms with van der Waals surface area (Å²) in [5.74, 6) is 0.711. The maximum atomic E-state index is 6.30. The van der Waals surface area contributed by atoms with Crippen LogP contribution in [0.5, 0.6) is 0 Å². The van der Waals surface area contributed by atoms with Gasteiger partial charge in [0, 0.05) is 32.7 Å². The van der Waals surface area contributed by atoms with Crippen LogP contribution in [-0.4, -0.2) is 9.97 Å². The van der Waals surface area contributed by atoms with Crippen molar-refractivity contribution in [1.29, 1.82) is 0 Å². The molecule has 0 aliphatic rings. The van der Waals surface area contributed by atoms with Gasteiger partial charge >= 0.3 is 0 Å². The standard InChI is InChI=1S/C42H26N2O/c1-2-8-27(9-3-1)28-14-16-29(17-15-28)30-18-20-31(21-19-30)42-43-38-12-6-4-11-37(38)40(44-42)33-23-24-34-32(26-33)22-25-36-35-10-5-7-13-39(35)45-41(34)36/h1-26H. The highest BCUT2D eigenvalue weighted by molar-refractivity contribution is 6.15. The summed E-state index contributed by atoms with van der Waals surface area (Å²) >= 11 is 0. The molecule has 2 aromatic heterocycles. The van der Waals surface area contributed by atoms with Crippen molar-refractivity contribution in [3.8, 4) is 44.9 Å². The largest absolute Gasteiger partial charge is 0.455 e. The highest BCUT2D eigenvalue weighted by atomic mass is 16.3. The highest BCUT2D eigenvalue weighted by Crippen LogP contribution is 2.37. The molecule has 0 radical (unpaired) electrons. The minimum absolute atomic E-state index is 0.711. The van der Waals surface area contributed by atoms with E-state index in [2.05, 4.69) is 127 Å². The molecule has 0 fully saturated rings. The number of furan rings is 1. The Labute approximate surface area is 260 Å². The van der Waals surface area contributed by atoms with Crippen LogP contribution < -0.4 is 0 Å². The Hall–Kier alpha value is -6.06. The van der Waals surface area contributed by atoms with E-state index in [1.807, 2.05) is 30.3 Å². The lowest BCUT2D eigenvalue weighted by Crippen LogP contribution is -1.95. The van der Waals surface area contributed by atoms with Gasteiger partial charge in [-0.05, 0) is 58.0 Å².